The Morgan fingerprint density at radius 3 is 2.83 bits per heavy atom. The van der Waals surface area contributed by atoms with Gasteiger partial charge < -0.3 is 15.3 Å². The Kier molecular flexibility index (Phi) is 4.55. The van der Waals surface area contributed by atoms with Crippen molar-refractivity contribution in [3.8, 4) is 0 Å². The first kappa shape index (κ1) is 13.8. The fourth-order valence-corrected chi connectivity index (χ4v) is 1.38. The van der Waals surface area contributed by atoms with E-state index in [9.17, 15) is 14.9 Å². The molecule has 0 bridgehead atoms. The number of carboxylic acids is 1. The van der Waals surface area contributed by atoms with Crippen molar-refractivity contribution in [1.29, 1.82) is 0 Å². The maximum atomic E-state index is 10.9. The topological polar surface area (TPSA) is 109 Å². The minimum absolute atomic E-state index is 0.153. The molecule has 8 nitrogen and oxygen atoms in total. The lowest BCUT2D eigenvalue weighted by atomic mass is 10.2. The highest BCUT2D eigenvalue weighted by molar-refractivity contribution is 5.88. The first-order valence-corrected chi connectivity index (χ1v) is 5.20. The summed E-state index contributed by atoms with van der Waals surface area (Å²) >= 11 is 0. The lowest BCUT2D eigenvalue weighted by Crippen LogP contribution is -2.28. The van der Waals surface area contributed by atoms with E-state index in [1.807, 2.05) is 0 Å². The van der Waals surface area contributed by atoms with Gasteiger partial charge in [-0.2, -0.15) is 0 Å². The molecule has 0 aliphatic carbocycles. The van der Waals surface area contributed by atoms with Crippen molar-refractivity contribution >= 4 is 17.5 Å². The molecule has 0 unspecified atom stereocenters. The normalized spacial score (nSPS) is 10.1. The maximum absolute atomic E-state index is 10.9. The molecule has 0 amide bonds. The van der Waals surface area contributed by atoms with E-state index in [0.29, 0.717) is 13.1 Å². The molecule has 1 rings (SSSR count). The minimum Gasteiger partial charge on any atom is -0.478 e. The lowest BCUT2D eigenvalue weighted by Gasteiger charge is -2.17. The fraction of sp³-hybridized carbons (Fsp3) is 0.400. The van der Waals surface area contributed by atoms with Gasteiger partial charge in [0.2, 0.25) is 5.82 Å². The summed E-state index contributed by atoms with van der Waals surface area (Å²) in [5.41, 5.74) is -0.513. The Bertz CT molecular complexity index is 463. The molecule has 18 heavy (non-hydrogen) atoms. The van der Waals surface area contributed by atoms with Gasteiger partial charge in [-0.3, -0.25) is 10.1 Å². The van der Waals surface area contributed by atoms with Crippen molar-refractivity contribution in [3.05, 3.63) is 27.9 Å². The van der Waals surface area contributed by atoms with E-state index in [1.54, 1.807) is 19.0 Å². The molecule has 8 heteroatoms. The zero-order valence-corrected chi connectivity index (χ0v) is 10.1. The van der Waals surface area contributed by atoms with Crippen LogP contribution in [0.1, 0.15) is 10.4 Å². The van der Waals surface area contributed by atoms with Crippen molar-refractivity contribution < 1.29 is 14.8 Å². The monoisotopic (exact) mass is 254 g/mol. The first-order chi connectivity index (χ1) is 8.47. The number of nitrogens with zero attached hydrogens (tertiary/aromatic N) is 3. The van der Waals surface area contributed by atoms with Gasteiger partial charge in [0.25, 0.3) is 0 Å². The summed E-state index contributed by atoms with van der Waals surface area (Å²) in [7, 11) is 3.43. The van der Waals surface area contributed by atoms with Crippen molar-refractivity contribution in [2.24, 2.45) is 0 Å². The Labute approximate surface area is 103 Å². The molecule has 0 aromatic carbocycles. The van der Waals surface area contributed by atoms with Crippen LogP contribution in [0.15, 0.2) is 12.3 Å². The van der Waals surface area contributed by atoms with Gasteiger partial charge in [0, 0.05) is 32.4 Å². The lowest BCUT2D eigenvalue weighted by molar-refractivity contribution is -0.384. The summed E-state index contributed by atoms with van der Waals surface area (Å²) in [5, 5.41) is 22.6. The average Bonchev–Trinajstić information content (AvgIpc) is 2.34. The molecule has 98 valence electrons. The number of aromatic carboxylic acids is 1. The van der Waals surface area contributed by atoms with E-state index in [1.165, 1.54) is 0 Å². The first-order valence-electron chi connectivity index (χ1n) is 5.20. The highest BCUT2D eigenvalue weighted by atomic mass is 16.6. The zero-order valence-electron chi connectivity index (χ0n) is 10.1. The summed E-state index contributed by atoms with van der Waals surface area (Å²) in [6.45, 7) is 1.16. The molecule has 0 fully saturated rings. The van der Waals surface area contributed by atoms with Crippen LogP contribution < -0.4 is 10.2 Å². The van der Waals surface area contributed by atoms with Crippen molar-refractivity contribution in [1.82, 2.24) is 10.3 Å². The summed E-state index contributed by atoms with van der Waals surface area (Å²) in [4.78, 5) is 26.5. The van der Waals surface area contributed by atoms with Crippen LogP contribution in [0.5, 0.6) is 0 Å². The summed E-state index contributed by atoms with van der Waals surface area (Å²) in [6.07, 6.45) is 1.11. The molecule has 0 saturated heterocycles. The number of carboxylic acid groups (broad SMARTS) is 1. The number of likely N-dealkylation sites (N-methyl/N-ethyl adjacent to an activating group) is 2. The fourth-order valence-electron chi connectivity index (χ4n) is 1.38. The largest absolute Gasteiger partial charge is 0.478 e. The Hall–Kier alpha value is -2.22. The molecular weight excluding hydrogens is 240 g/mol. The van der Waals surface area contributed by atoms with Gasteiger partial charge in [-0.1, -0.05) is 0 Å². The number of aromatic nitrogens is 1. The second-order valence-corrected chi connectivity index (χ2v) is 3.65. The van der Waals surface area contributed by atoms with Crippen LogP contribution >= 0.6 is 0 Å². The van der Waals surface area contributed by atoms with Crippen LogP contribution in [-0.2, 0) is 0 Å². The summed E-state index contributed by atoms with van der Waals surface area (Å²) in [6, 6.07) is 1.01. The standard InChI is InChI=1S/C10H14N4O4/c1-11-3-4-13(2)9-8(14(17)18)5-7(6-12-9)10(15)16/h5-6,11H,3-4H2,1-2H3,(H,15,16). The Morgan fingerprint density at radius 1 is 1.67 bits per heavy atom. The Balaban J connectivity index is 3.11. The van der Waals surface area contributed by atoms with Gasteiger partial charge in [-0.15, -0.1) is 0 Å². The molecular formula is C10H14N4O4. The number of carbonyl (C=O) groups is 1. The molecule has 0 spiro atoms. The number of hydrogen-bond acceptors (Lipinski definition) is 6. The van der Waals surface area contributed by atoms with Gasteiger partial charge in [-0.25, -0.2) is 9.78 Å². The third-order valence-electron chi connectivity index (χ3n) is 2.35. The molecule has 0 atom stereocenters. The number of nitrogens with one attached hydrogen (secondary N) is 1. The van der Waals surface area contributed by atoms with Crippen LogP contribution in [0.4, 0.5) is 11.5 Å². The van der Waals surface area contributed by atoms with Gasteiger partial charge in [-0.05, 0) is 7.05 Å². The molecule has 0 radical (unpaired) electrons. The van der Waals surface area contributed by atoms with Gasteiger partial charge in [0.1, 0.15) is 0 Å². The predicted molar refractivity (Wildman–Crippen MR) is 65.0 cm³/mol. The molecule has 0 saturated carbocycles. The molecule has 2 N–H and O–H groups in total. The second kappa shape index (κ2) is 5.92. The third kappa shape index (κ3) is 3.14. The van der Waals surface area contributed by atoms with E-state index >= 15 is 0 Å². The van der Waals surface area contributed by atoms with E-state index < -0.39 is 10.9 Å². The maximum Gasteiger partial charge on any atom is 0.337 e. The number of nitro groups is 1. The van der Waals surface area contributed by atoms with Gasteiger partial charge in [0.05, 0.1) is 10.5 Å². The van der Waals surface area contributed by atoms with E-state index in [2.05, 4.69) is 10.3 Å². The van der Waals surface area contributed by atoms with Gasteiger partial charge >= 0.3 is 11.7 Å². The number of pyridine rings is 1. The molecule has 1 aromatic rings. The smallest absolute Gasteiger partial charge is 0.337 e. The molecule has 0 aliphatic rings. The minimum atomic E-state index is -1.24. The zero-order chi connectivity index (χ0) is 13.7. The SMILES string of the molecule is CNCCN(C)c1ncc(C(=O)O)cc1[N+](=O)[O-]. The predicted octanol–water partition coefficient (Wildman–Crippen LogP) is 0.344. The van der Waals surface area contributed by atoms with E-state index in [-0.39, 0.29) is 17.1 Å². The molecule has 1 heterocycles. The Morgan fingerprint density at radius 2 is 2.33 bits per heavy atom. The van der Waals surface area contributed by atoms with Gasteiger partial charge in [0.15, 0.2) is 0 Å². The highest BCUT2D eigenvalue weighted by Crippen LogP contribution is 2.25. The quantitative estimate of drug-likeness (QED) is 0.556. The van der Waals surface area contributed by atoms with Crippen molar-refractivity contribution in [2.75, 3.05) is 32.1 Å². The number of anilines is 1. The average molecular weight is 254 g/mol. The van der Waals surface area contributed by atoms with E-state index in [0.717, 1.165) is 12.3 Å². The van der Waals surface area contributed by atoms with Crippen LogP contribution in [0.25, 0.3) is 0 Å². The summed E-state index contributed by atoms with van der Waals surface area (Å²) in [5.74, 6) is -1.09. The third-order valence-corrected chi connectivity index (χ3v) is 2.35. The second-order valence-electron chi connectivity index (χ2n) is 3.65. The molecule has 0 aliphatic heterocycles. The van der Waals surface area contributed by atoms with Crippen LogP contribution in [0.2, 0.25) is 0 Å². The van der Waals surface area contributed by atoms with Crippen LogP contribution in [-0.4, -0.2) is 48.2 Å². The van der Waals surface area contributed by atoms with Crippen molar-refractivity contribution in [2.45, 2.75) is 0 Å². The summed E-state index contributed by atoms with van der Waals surface area (Å²) < 4.78 is 0. The van der Waals surface area contributed by atoms with E-state index in [4.69, 9.17) is 5.11 Å². The number of hydrogen-bond donors (Lipinski definition) is 2. The molecule has 1 aromatic heterocycles. The van der Waals surface area contributed by atoms with Crippen LogP contribution in [0, 0.1) is 10.1 Å². The highest BCUT2D eigenvalue weighted by Gasteiger charge is 2.21. The van der Waals surface area contributed by atoms with Crippen LogP contribution in [0.3, 0.4) is 0 Å². The number of rotatable bonds is 6. The van der Waals surface area contributed by atoms with Crippen molar-refractivity contribution in [3.63, 3.8) is 0 Å².